The second kappa shape index (κ2) is 7.84. The monoisotopic (exact) mass is 433 g/mol. The SMILES string of the molecule is [2H]C1(c2ccc(-c3ccnc(-c4cccc5c4oc4ncccc45)c3)cc2)CCC(C)(C)CC1. The summed E-state index contributed by atoms with van der Waals surface area (Å²) >= 11 is 0. The first kappa shape index (κ1) is 19.0. The number of hydrogen-bond donors (Lipinski definition) is 0. The first-order valence-corrected chi connectivity index (χ1v) is 11.8. The molecule has 1 aliphatic carbocycles. The lowest BCUT2D eigenvalue weighted by Crippen LogP contribution is -2.20. The van der Waals surface area contributed by atoms with Crippen molar-refractivity contribution >= 4 is 22.1 Å². The Morgan fingerprint density at radius 3 is 2.45 bits per heavy atom. The maximum atomic E-state index is 9.06. The van der Waals surface area contributed by atoms with Crippen molar-refractivity contribution in [1.29, 1.82) is 0 Å². The lowest BCUT2D eigenvalue weighted by Gasteiger charge is -2.34. The average Bonchev–Trinajstić information content (AvgIpc) is 3.25. The molecule has 0 saturated heterocycles. The summed E-state index contributed by atoms with van der Waals surface area (Å²) in [6.07, 6.45) is 7.67. The fourth-order valence-corrected chi connectivity index (χ4v) is 5.01. The van der Waals surface area contributed by atoms with Crippen LogP contribution in [-0.4, -0.2) is 9.97 Å². The van der Waals surface area contributed by atoms with Crippen molar-refractivity contribution in [2.45, 2.75) is 45.4 Å². The molecule has 33 heavy (non-hydrogen) atoms. The maximum Gasteiger partial charge on any atom is 0.227 e. The van der Waals surface area contributed by atoms with E-state index < -0.39 is 5.89 Å². The van der Waals surface area contributed by atoms with Crippen LogP contribution in [-0.2, 0) is 0 Å². The Balaban J connectivity index is 1.34. The summed E-state index contributed by atoms with van der Waals surface area (Å²) in [5.74, 6) is -0.470. The van der Waals surface area contributed by atoms with E-state index in [-0.39, 0.29) is 0 Å². The second-order valence-electron chi connectivity index (χ2n) is 9.92. The van der Waals surface area contributed by atoms with Crippen molar-refractivity contribution in [2.75, 3.05) is 0 Å². The summed E-state index contributed by atoms with van der Waals surface area (Å²) < 4.78 is 15.2. The Labute approximate surface area is 195 Å². The Hall–Kier alpha value is -3.46. The molecule has 0 amide bonds. The van der Waals surface area contributed by atoms with Gasteiger partial charge in [0.05, 0.1) is 5.69 Å². The van der Waals surface area contributed by atoms with E-state index in [4.69, 9.17) is 5.79 Å². The molecule has 1 saturated carbocycles. The van der Waals surface area contributed by atoms with Gasteiger partial charge in [-0.2, -0.15) is 0 Å². The molecule has 3 heterocycles. The number of nitrogens with zero attached hydrogens (tertiary/aromatic N) is 2. The molecule has 5 aromatic rings. The number of pyridine rings is 2. The van der Waals surface area contributed by atoms with Crippen LogP contribution in [0.5, 0.6) is 0 Å². The van der Waals surface area contributed by atoms with Crippen molar-refractivity contribution in [3.05, 3.63) is 84.7 Å². The quantitative estimate of drug-likeness (QED) is 0.287. The van der Waals surface area contributed by atoms with Crippen LogP contribution < -0.4 is 0 Å². The normalized spacial score (nSPS) is 17.8. The van der Waals surface area contributed by atoms with Crippen LogP contribution >= 0.6 is 0 Å². The molecule has 0 bridgehead atoms. The number of hydrogen-bond acceptors (Lipinski definition) is 3. The molecule has 2 aromatic carbocycles. The van der Waals surface area contributed by atoms with Crippen molar-refractivity contribution in [3.8, 4) is 22.4 Å². The fourth-order valence-electron chi connectivity index (χ4n) is 5.01. The molecule has 1 fully saturated rings. The van der Waals surface area contributed by atoms with Gasteiger partial charge in [0, 0.05) is 30.1 Å². The Morgan fingerprint density at radius 1 is 0.848 bits per heavy atom. The molecule has 3 heteroatoms. The highest BCUT2D eigenvalue weighted by Crippen LogP contribution is 2.42. The lowest BCUT2D eigenvalue weighted by molar-refractivity contribution is 0.224. The summed E-state index contributed by atoms with van der Waals surface area (Å²) in [6, 6.07) is 22.9. The highest BCUT2D eigenvalue weighted by Gasteiger charge is 2.27. The molecule has 0 spiro atoms. The van der Waals surface area contributed by atoms with Crippen LogP contribution in [0.25, 0.3) is 44.5 Å². The summed E-state index contributed by atoms with van der Waals surface area (Å²) in [4.78, 5) is 9.04. The van der Waals surface area contributed by atoms with Crippen LogP contribution in [0.15, 0.2) is 83.5 Å². The zero-order valence-electron chi connectivity index (χ0n) is 20.1. The van der Waals surface area contributed by atoms with Crippen molar-refractivity contribution in [3.63, 3.8) is 0 Å². The molecule has 0 atom stereocenters. The maximum absolute atomic E-state index is 9.06. The van der Waals surface area contributed by atoms with E-state index in [1.807, 2.05) is 36.5 Å². The van der Waals surface area contributed by atoms with E-state index in [0.717, 1.165) is 70.0 Å². The minimum Gasteiger partial charge on any atom is -0.437 e. The third kappa shape index (κ3) is 3.72. The zero-order chi connectivity index (χ0) is 23.3. The number of rotatable bonds is 3. The van der Waals surface area contributed by atoms with Gasteiger partial charge in [0.2, 0.25) is 5.71 Å². The molecule has 3 nitrogen and oxygen atoms in total. The van der Waals surface area contributed by atoms with Gasteiger partial charge in [-0.3, -0.25) is 4.98 Å². The smallest absolute Gasteiger partial charge is 0.227 e. The molecule has 0 N–H and O–H groups in total. The predicted octanol–water partition coefficient (Wildman–Crippen LogP) is 8.39. The van der Waals surface area contributed by atoms with Crippen LogP contribution in [0.2, 0.25) is 0 Å². The first-order valence-electron chi connectivity index (χ1n) is 12.3. The van der Waals surface area contributed by atoms with Gasteiger partial charge in [-0.05, 0) is 84.0 Å². The summed E-state index contributed by atoms with van der Waals surface area (Å²) in [5.41, 5.74) is 7.01. The van der Waals surface area contributed by atoms with Gasteiger partial charge in [0.1, 0.15) is 5.58 Å². The van der Waals surface area contributed by atoms with E-state index in [1.165, 1.54) is 0 Å². The van der Waals surface area contributed by atoms with Crippen LogP contribution in [0.1, 0.15) is 52.4 Å². The Kier molecular flexibility index (Phi) is 4.53. The largest absolute Gasteiger partial charge is 0.437 e. The third-order valence-electron chi connectivity index (χ3n) is 7.14. The first-order chi connectivity index (χ1) is 16.4. The molecule has 0 radical (unpaired) electrons. The van der Waals surface area contributed by atoms with Gasteiger partial charge in [-0.1, -0.05) is 50.2 Å². The summed E-state index contributed by atoms with van der Waals surface area (Å²) in [6.45, 7) is 4.64. The van der Waals surface area contributed by atoms with Gasteiger partial charge in [0.25, 0.3) is 0 Å². The van der Waals surface area contributed by atoms with E-state index >= 15 is 0 Å². The number of aromatic nitrogens is 2. The number of para-hydroxylation sites is 1. The topological polar surface area (TPSA) is 38.9 Å². The molecule has 0 aliphatic heterocycles. The van der Waals surface area contributed by atoms with E-state index in [0.29, 0.717) is 11.1 Å². The summed E-state index contributed by atoms with van der Waals surface area (Å²) in [7, 11) is 0. The van der Waals surface area contributed by atoms with E-state index in [2.05, 4.69) is 60.2 Å². The molecule has 0 unspecified atom stereocenters. The van der Waals surface area contributed by atoms with Gasteiger partial charge in [0.15, 0.2) is 0 Å². The van der Waals surface area contributed by atoms with Gasteiger partial charge in [-0.25, -0.2) is 4.98 Å². The molecule has 164 valence electrons. The lowest BCUT2D eigenvalue weighted by atomic mass is 9.71. The second-order valence-corrected chi connectivity index (χ2v) is 9.92. The minimum atomic E-state index is -0.470. The molecule has 6 rings (SSSR count). The number of fused-ring (bicyclic) bond motifs is 3. The number of furan rings is 1. The predicted molar refractivity (Wildman–Crippen MR) is 135 cm³/mol. The summed E-state index contributed by atoms with van der Waals surface area (Å²) in [5, 5.41) is 2.06. The van der Waals surface area contributed by atoms with Crippen molar-refractivity contribution < 1.29 is 5.79 Å². The van der Waals surface area contributed by atoms with Gasteiger partial charge >= 0.3 is 0 Å². The van der Waals surface area contributed by atoms with Gasteiger partial charge < -0.3 is 4.42 Å². The Morgan fingerprint density at radius 2 is 1.64 bits per heavy atom. The molecular weight excluding hydrogens is 404 g/mol. The standard InChI is InChI=1S/C30H28N2O/c1-30(2)15-12-22(13-16-30)20-8-10-21(11-9-20)23-14-18-31-27(19-23)26-6-3-5-24-25-7-4-17-32-29(25)33-28(24)26/h3-11,14,17-19,22H,12-13,15-16H2,1-2H3/i22D. The molecular formula is C30H28N2O. The average molecular weight is 434 g/mol. The van der Waals surface area contributed by atoms with Crippen LogP contribution in [0, 0.1) is 5.41 Å². The fraction of sp³-hybridized carbons (Fsp3) is 0.267. The highest BCUT2D eigenvalue weighted by atomic mass is 16.3. The van der Waals surface area contributed by atoms with E-state index in [1.54, 1.807) is 6.20 Å². The Bertz CT molecular complexity index is 1490. The number of benzene rings is 2. The van der Waals surface area contributed by atoms with Crippen molar-refractivity contribution in [1.82, 2.24) is 9.97 Å². The molecule has 3 aromatic heterocycles. The van der Waals surface area contributed by atoms with Crippen LogP contribution in [0.3, 0.4) is 0 Å². The molecule has 1 aliphatic rings. The third-order valence-corrected chi connectivity index (χ3v) is 7.14. The van der Waals surface area contributed by atoms with Crippen LogP contribution in [0.4, 0.5) is 0 Å². The van der Waals surface area contributed by atoms with Crippen molar-refractivity contribution in [2.24, 2.45) is 5.41 Å². The zero-order valence-corrected chi connectivity index (χ0v) is 19.1. The minimum absolute atomic E-state index is 0.358. The van der Waals surface area contributed by atoms with E-state index in [9.17, 15) is 0 Å². The van der Waals surface area contributed by atoms with Gasteiger partial charge in [-0.15, -0.1) is 0 Å². The highest BCUT2D eigenvalue weighted by molar-refractivity contribution is 6.08.